The smallest absolute Gasteiger partial charge is 0.0273 e. The maximum absolute atomic E-state index is 4.34. The van der Waals surface area contributed by atoms with E-state index in [1.54, 1.807) is 0 Å². The van der Waals surface area contributed by atoms with E-state index in [-0.39, 0.29) is 0 Å². The van der Waals surface area contributed by atoms with Crippen LogP contribution in [0.5, 0.6) is 0 Å². The van der Waals surface area contributed by atoms with Gasteiger partial charge in [-0.15, -0.1) is 0 Å². The number of nitrogens with zero attached hydrogens (tertiary/aromatic N) is 1. The fraction of sp³-hybridized carbons (Fsp3) is 0. The third-order valence-corrected chi connectivity index (χ3v) is 10.4. The summed E-state index contributed by atoms with van der Waals surface area (Å²) in [7, 11) is 0. The molecule has 0 saturated heterocycles. The molecule has 0 amide bonds. The second kappa shape index (κ2) is 11.5. The van der Waals surface area contributed by atoms with Crippen LogP contribution >= 0.6 is 0 Å². The molecule has 0 N–H and O–H groups in total. The molecule has 0 spiro atoms. The van der Waals surface area contributed by atoms with Gasteiger partial charge in [-0.3, -0.25) is 4.98 Å². The molecule has 1 nitrogen and oxygen atoms in total. The highest BCUT2D eigenvalue weighted by molar-refractivity contribution is 6.23. The van der Waals surface area contributed by atoms with Gasteiger partial charge in [0.2, 0.25) is 0 Å². The van der Waals surface area contributed by atoms with Gasteiger partial charge in [0.1, 0.15) is 0 Å². The molecule has 50 heavy (non-hydrogen) atoms. The third kappa shape index (κ3) is 4.52. The van der Waals surface area contributed by atoms with Crippen molar-refractivity contribution in [2.24, 2.45) is 0 Å². The lowest BCUT2D eigenvalue weighted by Gasteiger charge is -2.19. The van der Waals surface area contributed by atoms with Crippen molar-refractivity contribution in [1.82, 2.24) is 4.98 Å². The highest BCUT2D eigenvalue weighted by atomic mass is 14.6. The number of pyridine rings is 1. The average molecular weight is 634 g/mol. The molecular weight excluding hydrogens is 603 g/mol. The van der Waals surface area contributed by atoms with Gasteiger partial charge in [-0.05, 0) is 123 Å². The van der Waals surface area contributed by atoms with E-state index in [9.17, 15) is 0 Å². The summed E-state index contributed by atoms with van der Waals surface area (Å²) in [5.41, 5.74) is 9.77. The predicted molar refractivity (Wildman–Crippen MR) is 214 cm³/mol. The van der Waals surface area contributed by atoms with Crippen molar-refractivity contribution >= 4 is 53.9 Å². The molecule has 0 atom stereocenters. The van der Waals surface area contributed by atoms with Gasteiger partial charge in [0, 0.05) is 12.4 Å². The van der Waals surface area contributed by atoms with Crippen LogP contribution in [0.15, 0.2) is 188 Å². The van der Waals surface area contributed by atoms with E-state index < -0.39 is 0 Å². The Morgan fingerprint density at radius 1 is 0.260 bits per heavy atom. The molecule has 0 radical (unpaired) electrons. The Morgan fingerprint density at radius 2 is 0.780 bits per heavy atom. The Balaban J connectivity index is 1.21. The molecular formula is C49H31N. The molecule has 0 saturated carbocycles. The van der Waals surface area contributed by atoms with Gasteiger partial charge in [0.05, 0.1) is 0 Å². The SMILES string of the molecule is c1ccc(-c2ccc3c(-c4ccc(-c5cc6c7ccccc7ccc6c6ccccc56)cc4)c4ccccc4c(-c4ccncc4)c3c2)cc1. The first-order chi connectivity index (χ1) is 24.8. The number of hydrogen-bond acceptors (Lipinski definition) is 1. The summed E-state index contributed by atoms with van der Waals surface area (Å²) in [6, 6.07) is 64.4. The molecule has 0 aliphatic heterocycles. The van der Waals surface area contributed by atoms with E-state index in [4.69, 9.17) is 0 Å². The summed E-state index contributed by atoms with van der Waals surface area (Å²) in [6.07, 6.45) is 3.78. The summed E-state index contributed by atoms with van der Waals surface area (Å²) in [5, 5.41) is 12.7. The van der Waals surface area contributed by atoms with E-state index >= 15 is 0 Å². The van der Waals surface area contributed by atoms with Gasteiger partial charge in [0.15, 0.2) is 0 Å². The van der Waals surface area contributed by atoms with Crippen LogP contribution in [0.3, 0.4) is 0 Å². The topological polar surface area (TPSA) is 12.9 Å². The van der Waals surface area contributed by atoms with Crippen molar-refractivity contribution in [3.63, 3.8) is 0 Å². The van der Waals surface area contributed by atoms with Gasteiger partial charge in [0.25, 0.3) is 0 Å². The van der Waals surface area contributed by atoms with E-state index in [1.807, 2.05) is 12.4 Å². The molecule has 0 aliphatic carbocycles. The van der Waals surface area contributed by atoms with Crippen LogP contribution in [0.2, 0.25) is 0 Å². The van der Waals surface area contributed by atoms with E-state index in [0.29, 0.717) is 0 Å². The quantitative estimate of drug-likeness (QED) is 0.139. The molecule has 10 rings (SSSR count). The monoisotopic (exact) mass is 633 g/mol. The Kier molecular flexibility index (Phi) is 6.57. The molecule has 0 unspecified atom stereocenters. The Morgan fingerprint density at radius 3 is 1.54 bits per heavy atom. The van der Waals surface area contributed by atoms with Crippen molar-refractivity contribution < 1.29 is 0 Å². The first-order valence-corrected chi connectivity index (χ1v) is 17.2. The second-order valence-corrected chi connectivity index (χ2v) is 13.1. The zero-order valence-electron chi connectivity index (χ0n) is 27.3. The van der Waals surface area contributed by atoms with Gasteiger partial charge in [-0.1, -0.05) is 152 Å². The summed E-state index contributed by atoms with van der Waals surface area (Å²) < 4.78 is 0. The van der Waals surface area contributed by atoms with Crippen LogP contribution in [-0.4, -0.2) is 4.98 Å². The molecule has 1 heteroatoms. The van der Waals surface area contributed by atoms with E-state index in [2.05, 4.69) is 181 Å². The fourth-order valence-electron chi connectivity index (χ4n) is 8.05. The predicted octanol–water partition coefficient (Wildman–Crippen LogP) is 13.5. The lowest BCUT2D eigenvalue weighted by molar-refractivity contribution is 1.33. The van der Waals surface area contributed by atoms with Gasteiger partial charge >= 0.3 is 0 Å². The molecule has 232 valence electrons. The van der Waals surface area contributed by atoms with Crippen molar-refractivity contribution in [3.8, 4) is 44.5 Å². The van der Waals surface area contributed by atoms with Gasteiger partial charge in [-0.2, -0.15) is 0 Å². The Bertz CT molecular complexity index is 2890. The van der Waals surface area contributed by atoms with Crippen LogP contribution in [0.1, 0.15) is 0 Å². The summed E-state index contributed by atoms with van der Waals surface area (Å²) in [4.78, 5) is 4.34. The number of benzene rings is 9. The summed E-state index contributed by atoms with van der Waals surface area (Å²) in [6.45, 7) is 0. The molecule has 10 aromatic rings. The molecule has 0 bridgehead atoms. The highest BCUT2D eigenvalue weighted by Crippen LogP contribution is 2.45. The zero-order valence-corrected chi connectivity index (χ0v) is 27.3. The summed E-state index contributed by atoms with van der Waals surface area (Å²) in [5.74, 6) is 0. The highest BCUT2D eigenvalue weighted by Gasteiger charge is 2.18. The fourth-order valence-corrected chi connectivity index (χ4v) is 8.05. The Labute approximate surface area is 290 Å². The van der Waals surface area contributed by atoms with Crippen LogP contribution in [0, 0.1) is 0 Å². The largest absolute Gasteiger partial charge is 0.265 e. The van der Waals surface area contributed by atoms with Crippen LogP contribution in [0.4, 0.5) is 0 Å². The van der Waals surface area contributed by atoms with Gasteiger partial charge in [-0.25, -0.2) is 0 Å². The first-order valence-electron chi connectivity index (χ1n) is 17.2. The molecule has 1 aromatic heterocycles. The number of hydrogen-bond donors (Lipinski definition) is 0. The molecule has 9 aromatic carbocycles. The van der Waals surface area contributed by atoms with Crippen molar-refractivity contribution in [3.05, 3.63) is 188 Å². The second-order valence-electron chi connectivity index (χ2n) is 13.1. The van der Waals surface area contributed by atoms with Gasteiger partial charge < -0.3 is 0 Å². The van der Waals surface area contributed by atoms with Crippen LogP contribution in [-0.2, 0) is 0 Å². The number of aromatic nitrogens is 1. The van der Waals surface area contributed by atoms with Crippen LogP contribution in [0.25, 0.3) is 98.4 Å². The average Bonchev–Trinajstić information content (AvgIpc) is 3.20. The lowest BCUT2D eigenvalue weighted by Crippen LogP contribution is -1.92. The minimum atomic E-state index is 1.17. The third-order valence-electron chi connectivity index (χ3n) is 10.4. The maximum Gasteiger partial charge on any atom is 0.0273 e. The number of fused-ring (bicyclic) bond motifs is 7. The molecule has 1 heterocycles. The minimum absolute atomic E-state index is 1.17. The lowest BCUT2D eigenvalue weighted by atomic mass is 9.84. The van der Waals surface area contributed by atoms with Crippen molar-refractivity contribution in [1.29, 1.82) is 0 Å². The standard InChI is InChI=1S/C49H31N/c1-2-10-32(11-3-1)37-23-25-44-47(30-37)49(36-26-28-50-29-27-36)43-17-9-8-16-42(43)48(44)35-20-18-34(19-21-35)45-31-46-38-13-5-4-12-33(38)22-24-41(46)39-14-6-7-15-40(39)45/h1-31H. The Hall–Kier alpha value is -6.57. The minimum Gasteiger partial charge on any atom is -0.265 e. The van der Waals surface area contributed by atoms with E-state index in [1.165, 1.54) is 98.4 Å². The first kappa shape index (κ1) is 28.4. The maximum atomic E-state index is 4.34. The van der Waals surface area contributed by atoms with Crippen molar-refractivity contribution in [2.75, 3.05) is 0 Å². The van der Waals surface area contributed by atoms with E-state index in [0.717, 1.165) is 0 Å². The normalized spacial score (nSPS) is 11.6. The molecule has 0 fully saturated rings. The van der Waals surface area contributed by atoms with Crippen LogP contribution < -0.4 is 0 Å². The zero-order chi connectivity index (χ0) is 33.0. The van der Waals surface area contributed by atoms with Crippen molar-refractivity contribution in [2.45, 2.75) is 0 Å². The molecule has 0 aliphatic rings. The number of rotatable bonds is 4. The summed E-state index contributed by atoms with van der Waals surface area (Å²) >= 11 is 0.